The minimum absolute atomic E-state index is 0.0340. The first-order chi connectivity index (χ1) is 9.08. The van der Waals surface area contributed by atoms with Gasteiger partial charge in [0.1, 0.15) is 0 Å². The molecular weight excluding hydrogens is 254 g/mol. The number of amides is 1. The molecule has 0 aliphatic heterocycles. The molecule has 98 valence electrons. The van der Waals surface area contributed by atoms with Crippen molar-refractivity contribution in [2.45, 2.75) is 6.54 Å². The number of carbonyl (C=O) groups excluding carboxylic acids is 1. The summed E-state index contributed by atoms with van der Waals surface area (Å²) in [7, 11) is 0. The van der Waals surface area contributed by atoms with E-state index in [9.17, 15) is 9.59 Å². The Labute approximate surface area is 106 Å². The third-order valence-electron chi connectivity index (χ3n) is 2.22. The fraction of sp³-hybridized carbons (Fsp3) is 0.100. The lowest BCUT2D eigenvalue weighted by Gasteiger charge is -2.03. The van der Waals surface area contributed by atoms with Crippen molar-refractivity contribution in [3.05, 3.63) is 35.3 Å². The number of hydrogen-bond donors (Lipinski definition) is 3. The topological polar surface area (TPSA) is 144 Å². The van der Waals surface area contributed by atoms with Gasteiger partial charge < -0.3 is 16.2 Å². The van der Waals surface area contributed by atoms with Crippen LogP contribution in [-0.4, -0.2) is 32.3 Å². The molecule has 0 aromatic carbocycles. The largest absolute Gasteiger partial charge is 0.478 e. The number of carbonyl (C=O) groups is 2. The highest BCUT2D eigenvalue weighted by Crippen LogP contribution is 2.05. The molecular formula is C10H9N5O4. The maximum atomic E-state index is 11.6. The SMILES string of the molecule is Nc1nonc1C(=O)NCc1cc(C(=O)O)ccn1. The Hall–Kier alpha value is -2.97. The van der Waals surface area contributed by atoms with Gasteiger partial charge in [-0.05, 0) is 22.4 Å². The summed E-state index contributed by atoms with van der Waals surface area (Å²) >= 11 is 0. The summed E-state index contributed by atoms with van der Waals surface area (Å²) < 4.78 is 4.29. The van der Waals surface area contributed by atoms with E-state index >= 15 is 0 Å². The molecule has 0 saturated carbocycles. The number of aromatic nitrogens is 3. The molecule has 0 unspecified atom stereocenters. The van der Waals surface area contributed by atoms with Crippen LogP contribution in [0.4, 0.5) is 5.82 Å². The Morgan fingerprint density at radius 2 is 2.21 bits per heavy atom. The van der Waals surface area contributed by atoms with Gasteiger partial charge in [0.05, 0.1) is 17.8 Å². The molecule has 0 fully saturated rings. The van der Waals surface area contributed by atoms with E-state index in [1.807, 2.05) is 0 Å². The highest BCUT2D eigenvalue weighted by atomic mass is 16.6. The molecule has 19 heavy (non-hydrogen) atoms. The van der Waals surface area contributed by atoms with E-state index in [-0.39, 0.29) is 23.6 Å². The van der Waals surface area contributed by atoms with Crippen LogP contribution in [0, 0.1) is 0 Å². The van der Waals surface area contributed by atoms with Crippen LogP contribution in [-0.2, 0) is 6.54 Å². The molecule has 4 N–H and O–H groups in total. The molecule has 0 spiro atoms. The van der Waals surface area contributed by atoms with E-state index in [1.54, 1.807) is 0 Å². The fourth-order valence-corrected chi connectivity index (χ4v) is 1.32. The third-order valence-corrected chi connectivity index (χ3v) is 2.22. The van der Waals surface area contributed by atoms with Gasteiger partial charge in [0.2, 0.25) is 11.5 Å². The molecule has 9 heteroatoms. The predicted octanol–water partition coefficient (Wildman–Crippen LogP) is -0.325. The van der Waals surface area contributed by atoms with E-state index < -0.39 is 11.9 Å². The summed E-state index contributed by atoms with van der Waals surface area (Å²) in [5.74, 6) is -1.77. The lowest BCUT2D eigenvalue weighted by atomic mass is 10.2. The smallest absolute Gasteiger partial charge is 0.335 e. The number of carboxylic acids is 1. The fourth-order valence-electron chi connectivity index (χ4n) is 1.32. The highest BCUT2D eigenvalue weighted by Gasteiger charge is 2.15. The van der Waals surface area contributed by atoms with Gasteiger partial charge in [0.15, 0.2) is 0 Å². The number of rotatable bonds is 4. The van der Waals surface area contributed by atoms with Gasteiger partial charge in [-0.15, -0.1) is 0 Å². The van der Waals surface area contributed by atoms with Crippen molar-refractivity contribution in [3.8, 4) is 0 Å². The van der Waals surface area contributed by atoms with Crippen molar-refractivity contribution in [1.29, 1.82) is 0 Å². The van der Waals surface area contributed by atoms with Gasteiger partial charge in [-0.2, -0.15) is 0 Å². The molecule has 2 aromatic heterocycles. The Morgan fingerprint density at radius 3 is 2.84 bits per heavy atom. The van der Waals surface area contributed by atoms with Crippen LogP contribution >= 0.6 is 0 Å². The van der Waals surface area contributed by atoms with Gasteiger partial charge in [0.25, 0.3) is 5.91 Å². The maximum absolute atomic E-state index is 11.6. The predicted molar refractivity (Wildman–Crippen MR) is 61.1 cm³/mol. The molecule has 2 aromatic rings. The number of nitrogens with two attached hydrogens (primary N) is 1. The zero-order chi connectivity index (χ0) is 13.8. The van der Waals surface area contributed by atoms with Crippen LogP contribution in [0.1, 0.15) is 26.5 Å². The third kappa shape index (κ3) is 2.83. The summed E-state index contributed by atoms with van der Waals surface area (Å²) in [6.07, 6.45) is 1.34. The van der Waals surface area contributed by atoms with E-state index in [0.29, 0.717) is 5.69 Å². The molecule has 9 nitrogen and oxygen atoms in total. The monoisotopic (exact) mass is 263 g/mol. The van der Waals surface area contributed by atoms with Crippen molar-refractivity contribution in [3.63, 3.8) is 0 Å². The van der Waals surface area contributed by atoms with Crippen molar-refractivity contribution in [2.24, 2.45) is 0 Å². The maximum Gasteiger partial charge on any atom is 0.335 e. The van der Waals surface area contributed by atoms with Gasteiger partial charge in [0, 0.05) is 6.20 Å². The number of nitrogen functional groups attached to an aromatic ring is 1. The second kappa shape index (κ2) is 5.12. The quantitative estimate of drug-likeness (QED) is 0.680. The highest BCUT2D eigenvalue weighted by molar-refractivity contribution is 5.95. The van der Waals surface area contributed by atoms with Crippen LogP contribution in [0.25, 0.3) is 0 Å². The van der Waals surface area contributed by atoms with Crippen molar-refractivity contribution in [1.82, 2.24) is 20.6 Å². The van der Waals surface area contributed by atoms with E-state index in [4.69, 9.17) is 10.8 Å². The first kappa shape index (κ1) is 12.5. The molecule has 0 aliphatic carbocycles. The first-order valence-corrected chi connectivity index (χ1v) is 5.12. The Balaban J connectivity index is 2.03. The Bertz CT molecular complexity index is 624. The molecule has 0 aliphatic rings. The zero-order valence-corrected chi connectivity index (χ0v) is 9.53. The van der Waals surface area contributed by atoms with Crippen LogP contribution in [0.2, 0.25) is 0 Å². The number of anilines is 1. The molecule has 0 radical (unpaired) electrons. The summed E-state index contributed by atoms with van der Waals surface area (Å²) in [6, 6.07) is 2.71. The summed E-state index contributed by atoms with van der Waals surface area (Å²) in [5, 5.41) is 17.9. The number of carboxylic acid groups (broad SMARTS) is 1. The number of hydrogen-bond acceptors (Lipinski definition) is 7. The zero-order valence-electron chi connectivity index (χ0n) is 9.53. The van der Waals surface area contributed by atoms with Crippen molar-refractivity contribution < 1.29 is 19.3 Å². The first-order valence-electron chi connectivity index (χ1n) is 5.12. The number of pyridine rings is 1. The van der Waals surface area contributed by atoms with Crippen LogP contribution in [0.15, 0.2) is 23.0 Å². The standard InChI is InChI=1S/C10H9N5O4/c11-8-7(14-19-15-8)9(16)13-4-6-3-5(10(17)18)1-2-12-6/h1-3H,4H2,(H2,11,15)(H,13,16)(H,17,18). The molecule has 2 rings (SSSR count). The van der Waals surface area contributed by atoms with Crippen molar-refractivity contribution in [2.75, 3.05) is 5.73 Å². The Kier molecular flexibility index (Phi) is 3.37. The van der Waals surface area contributed by atoms with E-state index in [2.05, 4.69) is 25.2 Å². The van der Waals surface area contributed by atoms with E-state index in [1.165, 1.54) is 18.3 Å². The lowest BCUT2D eigenvalue weighted by Crippen LogP contribution is -2.24. The average Bonchev–Trinajstić information content (AvgIpc) is 2.82. The summed E-state index contributed by atoms with van der Waals surface area (Å²) in [5.41, 5.74) is 5.70. The van der Waals surface area contributed by atoms with Crippen molar-refractivity contribution >= 4 is 17.7 Å². The second-order valence-electron chi connectivity index (χ2n) is 3.52. The number of nitrogens with one attached hydrogen (secondary N) is 1. The van der Waals surface area contributed by atoms with Gasteiger partial charge in [-0.3, -0.25) is 9.78 Å². The average molecular weight is 263 g/mol. The lowest BCUT2D eigenvalue weighted by molar-refractivity contribution is 0.0696. The van der Waals surface area contributed by atoms with Gasteiger partial charge in [-0.1, -0.05) is 0 Å². The number of aromatic carboxylic acids is 1. The van der Waals surface area contributed by atoms with Crippen LogP contribution in [0.3, 0.4) is 0 Å². The molecule has 2 heterocycles. The van der Waals surface area contributed by atoms with Gasteiger partial charge >= 0.3 is 5.97 Å². The summed E-state index contributed by atoms with van der Waals surface area (Å²) in [4.78, 5) is 26.3. The second-order valence-corrected chi connectivity index (χ2v) is 3.52. The van der Waals surface area contributed by atoms with Crippen LogP contribution in [0.5, 0.6) is 0 Å². The number of nitrogens with zero attached hydrogens (tertiary/aromatic N) is 3. The Morgan fingerprint density at radius 1 is 1.42 bits per heavy atom. The van der Waals surface area contributed by atoms with Crippen LogP contribution < -0.4 is 11.1 Å². The van der Waals surface area contributed by atoms with Gasteiger partial charge in [-0.25, -0.2) is 9.42 Å². The molecule has 0 bridgehead atoms. The molecule has 0 atom stereocenters. The normalized spacial score (nSPS) is 10.1. The molecule has 1 amide bonds. The summed E-state index contributed by atoms with van der Waals surface area (Å²) in [6.45, 7) is 0.0340. The van der Waals surface area contributed by atoms with E-state index in [0.717, 1.165) is 0 Å². The minimum Gasteiger partial charge on any atom is -0.478 e. The minimum atomic E-state index is -1.07. The molecule has 0 saturated heterocycles.